The fourth-order valence-corrected chi connectivity index (χ4v) is 2.57. The van der Waals surface area contributed by atoms with Crippen LogP contribution in [0.2, 0.25) is 0 Å². The van der Waals surface area contributed by atoms with E-state index in [1.54, 1.807) is 13.1 Å². The van der Waals surface area contributed by atoms with Crippen LogP contribution in [0.1, 0.15) is 22.5 Å². The molecule has 2 N–H and O–H groups in total. The van der Waals surface area contributed by atoms with Crippen LogP contribution in [0.5, 0.6) is 0 Å². The van der Waals surface area contributed by atoms with Crippen LogP contribution in [-0.4, -0.2) is 22.2 Å². The number of benzene rings is 1. The smallest absolute Gasteiger partial charge is 0.276 e. The number of nitrogens with two attached hydrogens (primary N) is 1. The van der Waals surface area contributed by atoms with Crippen molar-refractivity contribution in [3.8, 4) is 0 Å². The number of aryl methyl sites for hydroxylation is 2. The molecular weight excluding hydrogens is 240 g/mol. The van der Waals surface area contributed by atoms with Gasteiger partial charge in [-0.2, -0.15) is 5.10 Å². The topological polar surface area (TPSA) is 64.2 Å². The van der Waals surface area contributed by atoms with Crippen molar-refractivity contribution < 1.29 is 4.79 Å². The number of rotatable bonds is 1. The molecule has 0 atom stereocenters. The summed E-state index contributed by atoms with van der Waals surface area (Å²) in [4.78, 5) is 14.4. The van der Waals surface area contributed by atoms with Gasteiger partial charge in [-0.15, -0.1) is 0 Å². The van der Waals surface area contributed by atoms with Gasteiger partial charge < -0.3 is 10.6 Å². The molecule has 0 aliphatic carbocycles. The Hall–Kier alpha value is -2.30. The standard InChI is InChI=1S/C14H16N4O/c1-17-12(9-13(15)16-17)14(19)18-8-4-6-10-5-2-3-7-11(10)18/h2-3,5,7,9H,4,6,8H2,1H3,(H2,15,16). The maximum Gasteiger partial charge on any atom is 0.276 e. The lowest BCUT2D eigenvalue weighted by Crippen LogP contribution is -2.36. The molecule has 5 heteroatoms. The molecule has 2 heterocycles. The maximum absolute atomic E-state index is 12.6. The van der Waals surface area contributed by atoms with Crippen LogP contribution >= 0.6 is 0 Å². The Labute approximate surface area is 111 Å². The fraction of sp³-hybridized carbons (Fsp3) is 0.286. The lowest BCUT2D eigenvalue weighted by Gasteiger charge is -2.29. The lowest BCUT2D eigenvalue weighted by atomic mass is 10.0. The summed E-state index contributed by atoms with van der Waals surface area (Å²) in [6.07, 6.45) is 2.00. The molecule has 1 amide bonds. The van der Waals surface area contributed by atoms with E-state index in [4.69, 9.17) is 5.73 Å². The minimum atomic E-state index is -0.0427. The molecule has 19 heavy (non-hydrogen) atoms. The second-order valence-electron chi connectivity index (χ2n) is 4.77. The highest BCUT2D eigenvalue weighted by Gasteiger charge is 2.25. The van der Waals surface area contributed by atoms with E-state index in [1.165, 1.54) is 10.2 Å². The van der Waals surface area contributed by atoms with Gasteiger partial charge in [0.15, 0.2) is 0 Å². The third kappa shape index (κ3) is 1.97. The number of nitrogens with zero attached hydrogens (tertiary/aromatic N) is 3. The number of hydrogen-bond donors (Lipinski definition) is 1. The van der Waals surface area contributed by atoms with E-state index in [0.717, 1.165) is 25.1 Å². The van der Waals surface area contributed by atoms with Crippen LogP contribution in [0.4, 0.5) is 11.5 Å². The predicted octanol–water partition coefficient (Wildman–Crippen LogP) is 1.60. The molecule has 1 aromatic carbocycles. The van der Waals surface area contributed by atoms with E-state index in [2.05, 4.69) is 11.2 Å². The van der Waals surface area contributed by atoms with Gasteiger partial charge in [0.2, 0.25) is 0 Å². The van der Waals surface area contributed by atoms with Crippen molar-refractivity contribution >= 4 is 17.4 Å². The predicted molar refractivity (Wildman–Crippen MR) is 74.1 cm³/mol. The van der Waals surface area contributed by atoms with Gasteiger partial charge in [0, 0.05) is 25.3 Å². The van der Waals surface area contributed by atoms with Crippen molar-refractivity contribution in [2.24, 2.45) is 7.05 Å². The van der Waals surface area contributed by atoms with Crippen LogP contribution in [0.3, 0.4) is 0 Å². The van der Waals surface area contributed by atoms with Crippen LogP contribution in [0, 0.1) is 0 Å². The molecule has 98 valence electrons. The minimum Gasteiger partial charge on any atom is -0.382 e. The summed E-state index contributed by atoms with van der Waals surface area (Å²) in [5, 5.41) is 4.03. The summed E-state index contributed by atoms with van der Waals surface area (Å²) in [5.41, 5.74) is 8.38. The molecule has 1 aromatic heterocycles. The molecule has 0 unspecified atom stereocenters. The first-order chi connectivity index (χ1) is 9.16. The maximum atomic E-state index is 12.6. The number of amides is 1. The van der Waals surface area contributed by atoms with Crippen LogP contribution in [0.15, 0.2) is 30.3 Å². The van der Waals surface area contributed by atoms with Crippen molar-refractivity contribution in [2.45, 2.75) is 12.8 Å². The average molecular weight is 256 g/mol. The summed E-state index contributed by atoms with van der Waals surface area (Å²) < 4.78 is 1.54. The Balaban J connectivity index is 2.00. The largest absolute Gasteiger partial charge is 0.382 e. The number of carbonyl (C=O) groups excluding carboxylic acids is 1. The summed E-state index contributed by atoms with van der Waals surface area (Å²) in [6, 6.07) is 9.66. The van der Waals surface area contributed by atoms with Crippen molar-refractivity contribution in [1.82, 2.24) is 9.78 Å². The average Bonchev–Trinajstić information content (AvgIpc) is 2.76. The summed E-state index contributed by atoms with van der Waals surface area (Å²) >= 11 is 0. The zero-order chi connectivity index (χ0) is 13.4. The highest BCUT2D eigenvalue weighted by Crippen LogP contribution is 2.28. The summed E-state index contributed by atoms with van der Waals surface area (Å²) in [7, 11) is 1.74. The second kappa shape index (κ2) is 4.42. The van der Waals surface area contributed by atoms with Gasteiger partial charge in [0.05, 0.1) is 0 Å². The minimum absolute atomic E-state index is 0.0427. The monoisotopic (exact) mass is 256 g/mol. The summed E-state index contributed by atoms with van der Waals surface area (Å²) in [5.74, 6) is 0.329. The zero-order valence-corrected chi connectivity index (χ0v) is 10.8. The van der Waals surface area contributed by atoms with E-state index < -0.39 is 0 Å². The van der Waals surface area contributed by atoms with Gasteiger partial charge in [-0.3, -0.25) is 9.48 Å². The highest BCUT2D eigenvalue weighted by molar-refractivity contribution is 6.06. The molecule has 2 aromatic rings. The van der Waals surface area contributed by atoms with E-state index in [0.29, 0.717) is 11.5 Å². The molecule has 1 aliphatic rings. The van der Waals surface area contributed by atoms with Gasteiger partial charge in [0.25, 0.3) is 5.91 Å². The van der Waals surface area contributed by atoms with E-state index in [9.17, 15) is 4.79 Å². The van der Waals surface area contributed by atoms with Gasteiger partial charge in [-0.25, -0.2) is 0 Å². The third-order valence-corrected chi connectivity index (χ3v) is 3.47. The normalized spacial score (nSPS) is 14.3. The number of anilines is 2. The Kier molecular flexibility index (Phi) is 2.74. The van der Waals surface area contributed by atoms with Gasteiger partial charge in [-0.1, -0.05) is 18.2 Å². The molecule has 5 nitrogen and oxygen atoms in total. The molecule has 3 rings (SSSR count). The Morgan fingerprint density at radius 3 is 2.89 bits per heavy atom. The quantitative estimate of drug-likeness (QED) is 0.842. The molecule has 0 saturated heterocycles. The molecular formula is C14H16N4O. The number of aromatic nitrogens is 2. The SMILES string of the molecule is Cn1nc(N)cc1C(=O)N1CCCc2ccccc21. The molecule has 0 spiro atoms. The first-order valence-corrected chi connectivity index (χ1v) is 6.36. The lowest BCUT2D eigenvalue weighted by molar-refractivity contribution is 0.0976. The number of nitrogen functional groups attached to an aromatic ring is 1. The number of fused-ring (bicyclic) bond motifs is 1. The second-order valence-corrected chi connectivity index (χ2v) is 4.77. The first-order valence-electron chi connectivity index (χ1n) is 6.36. The van der Waals surface area contributed by atoms with Gasteiger partial charge in [0.1, 0.15) is 11.5 Å². The van der Waals surface area contributed by atoms with Crippen LogP contribution < -0.4 is 10.6 Å². The van der Waals surface area contributed by atoms with Crippen molar-refractivity contribution in [2.75, 3.05) is 17.2 Å². The van der Waals surface area contributed by atoms with Crippen LogP contribution in [-0.2, 0) is 13.5 Å². The number of carbonyl (C=O) groups is 1. The number of para-hydroxylation sites is 1. The molecule has 0 radical (unpaired) electrons. The molecule has 0 fully saturated rings. The zero-order valence-electron chi connectivity index (χ0n) is 10.8. The van der Waals surface area contributed by atoms with E-state index in [1.807, 2.05) is 23.1 Å². The highest BCUT2D eigenvalue weighted by atomic mass is 16.2. The first kappa shape index (κ1) is 11.8. The van der Waals surface area contributed by atoms with E-state index >= 15 is 0 Å². The number of hydrogen-bond acceptors (Lipinski definition) is 3. The Morgan fingerprint density at radius 1 is 1.37 bits per heavy atom. The fourth-order valence-electron chi connectivity index (χ4n) is 2.57. The third-order valence-electron chi connectivity index (χ3n) is 3.47. The van der Waals surface area contributed by atoms with E-state index in [-0.39, 0.29) is 5.91 Å². The molecule has 0 bridgehead atoms. The molecule has 0 saturated carbocycles. The van der Waals surface area contributed by atoms with Gasteiger partial charge >= 0.3 is 0 Å². The van der Waals surface area contributed by atoms with Gasteiger partial charge in [-0.05, 0) is 24.5 Å². The van der Waals surface area contributed by atoms with Crippen molar-refractivity contribution in [3.63, 3.8) is 0 Å². The Morgan fingerprint density at radius 2 is 2.16 bits per heavy atom. The van der Waals surface area contributed by atoms with Crippen molar-refractivity contribution in [3.05, 3.63) is 41.6 Å². The van der Waals surface area contributed by atoms with Crippen molar-refractivity contribution in [1.29, 1.82) is 0 Å². The Bertz CT molecular complexity index is 632. The molecule has 1 aliphatic heterocycles. The summed E-state index contributed by atoms with van der Waals surface area (Å²) in [6.45, 7) is 0.737. The van der Waals surface area contributed by atoms with Crippen LogP contribution in [0.25, 0.3) is 0 Å².